The van der Waals surface area contributed by atoms with Crippen LogP contribution in [0.1, 0.15) is 43.4 Å². The molecule has 1 fully saturated rings. The number of benzene rings is 2. The maximum Gasteiger partial charge on any atom is 0.416 e. The number of halogens is 3. The summed E-state index contributed by atoms with van der Waals surface area (Å²) in [5.74, 6) is -0.151. The van der Waals surface area contributed by atoms with E-state index >= 15 is 0 Å². The Balaban J connectivity index is 1.72. The molecule has 3 rings (SSSR count). The summed E-state index contributed by atoms with van der Waals surface area (Å²) in [5.41, 5.74) is 0.657. The molecule has 0 aromatic heterocycles. The lowest BCUT2D eigenvalue weighted by molar-refractivity contribution is -0.137. The molecule has 2 aromatic carbocycles. The molecule has 0 radical (unpaired) electrons. The molecule has 1 amide bonds. The van der Waals surface area contributed by atoms with Crippen LogP contribution in [-0.2, 0) is 17.5 Å². The molecule has 0 atom stereocenters. The lowest BCUT2D eigenvalue weighted by atomic mass is 9.90. The molecular weight excluding hydrogens is 381 g/mol. The van der Waals surface area contributed by atoms with E-state index < -0.39 is 23.4 Å². The average Bonchev–Trinajstić information content (AvgIpc) is 2.57. The van der Waals surface area contributed by atoms with Crippen LogP contribution in [0.5, 0.6) is 0 Å². The number of ether oxygens (including phenoxy) is 1. The lowest BCUT2D eigenvalue weighted by Crippen LogP contribution is -2.50. The third kappa shape index (κ3) is 5.65. The molecule has 1 saturated heterocycles. The number of carbonyl (C=O) groups is 1. The van der Waals surface area contributed by atoms with Crippen molar-refractivity contribution in [3.63, 3.8) is 0 Å². The zero-order valence-corrected chi connectivity index (χ0v) is 16.7. The summed E-state index contributed by atoms with van der Waals surface area (Å²) in [6.45, 7) is 6.44. The van der Waals surface area contributed by atoms with Gasteiger partial charge in [-0.1, -0.05) is 30.3 Å². The molecule has 156 valence electrons. The van der Waals surface area contributed by atoms with Crippen molar-refractivity contribution in [2.24, 2.45) is 0 Å². The van der Waals surface area contributed by atoms with Crippen LogP contribution in [-0.4, -0.2) is 29.7 Å². The Morgan fingerprint density at radius 2 is 1.76 bits per heavy atom. The molecule has 1 aliphatic rings. The number of nitrogens with zero attached hydrogens (tertiary/aromatic N) is 1. The fourth-order valence-corrected chi connectivity index (χ4v) is 3.12. The molecule has 1 aliphatic heterocycles. The minimum Gasteiger partial charge on any atom is -0.444 e. The maximum atomic E-state index is 13.4. The number of likely N-dealkylation sites (tertiary alicyclic amines) is 1. The van der Waals surface area contributed by atoms with Gasteiger partial charge in [0.2, 0.25) is 0 Å². The molecule has 0 bridgehead atoms. The highest BCUT2D eigenvalue weighted by atomic mass is 19.4. The Kier molecular flexibility index (Phi) is 5.78. The van der Waals surface area contributed by atoms with Gasteiger partial charge in [0.15, 0.2) is 0 Å². The van der Waals surface area contributed by atoms with Gasteiger partial charge in [-0.2, -0.15) is 13.2 Å². The normalized spacial score (nSPS) is 15.0. The number of carbonyl (C=O) groups excluding carboxylic acids is 1. The first-order valence-corrected chi connectivity index (χ1v) is 9.49. The van der Waals surface area contributed by atoms with Gasteiger partial charge in [-0.15, -0.1) is 0 Å². The second-order valence-electron chi connectivity index (χ2n) is 8.26. The van der Waals surface area contributed by atoms with Crippen LogP contribution in [0.2, 0.25) is 0 Å². The molecule has 0 spiro atoms. The largest absolute Gasteiger partial charge is 0.444 e. The summed E-state index contributed by atoms with van der Waals surface area (Å²) in [4.78, 5) is 13.6. The van der Waals surface area contributed by atoms with E-state index in [1.165, 1.54) is 11.0 Å². The predicted molar refractivity (Wildman–Crippen MR) is 106 cm³/mol. The average molecular weight is 406 g/mol. The van der Waals surface area contributed by atoms with Crippen LogP contribution < -0.4 is 5.32 Å². The number of hydrogen-bond donors (Lipinski definition) is 1. The van der Waals surface area contributed by atoms with Gasteiger partial charge < -0.3 is 15.0 Å². The molecule has 1 N–H and O–H groups in total. The molecule has 1 heterocycles. The van der Waals surface area contributed by atoms with Crippen molar-refractivity contribution in [2.45, 2.75) is 45.0 Å². The number of alkyl halides is 3. The van der Waals surface area contributed by atoms with Gasteiger partial charge in [-0.05, 0) is 50.1 Å². The van der Waals surface area contributed by atoms with Crippen molar-refractivity contribution in [3.8, 4) is 0 Å². The van der Waals surface area contributed by atoms with Gasteiger partial charge in [0, 0.05) is 31.2 Å². The van der Waals surface area contributed by atoms with Gasteiger partial charge in [-0.25, -0.2) is 4.79 Å². The van der Waals surface area contributed by atoms with E-state index in [0.717, 1.165) is 11.6 Å². The highest BCUT2D eigenvalue weighted by molar-refractivity contribution is 5.69. The lowest BCUT2D eigenvalue weighted by Gasteiger charge is -2.40. The van der Waals surface area contributed by atoms with Crippen molar-refractivity contribution >= 4 is 11.8 Å². The Labute approximate surface area is 168 Å². The van der Waals surface area contributed by atoms with Crippen LogP contribution in [0.25, 0.3) is 0 Å². The molecule has 0 saturated carbocycles. The predicted octanol–water partition coefficient (Wildman–Crippen LogP) is 5.65. The van der Waals surface area contributed by atoms with E-state index in [9.17, 15) is 18.0 Å². The Morgan fingerprint density at radius 3 is 2.34 bits per heavy atom. The SMILES string of the molecule is CC(C)(C)OC(=O)N1CC(c2cc(NCc3ccccc3)cc(C(F)(F)F)c2)C1. The number of amides is 1. The van der Waals surface area contributed by atoms with E-state index in [4.69, 9.17) is 4.74 Å². The van der Waals surface area contributed by atoms with Gasteiger partial charge in [0.05, 0.1) is 5.56 Å². The van der Waals surface area contributed by atoms with Crippen LogP contribution in [0.15, 0.2) is 48.5 Å². The molecule has 29 heavy (non-hydrogen) atoms. The molecule has 0 aliphatic carbocycles. The topological polar surface area (TPSA) is 41.6 Å². The van der Waals surface area contributed by atoms with E-state index in [-0.39, 0.29) is 5.92 Å². The first-order valence-electron chi connectivity index (χ1n) is 9.49. The summed E-state index contributed by atoms with van der Waals surface area (Å²) in [6, 6.07) is 13.5. The maximum absolute atomic E-state index is 13.4. The summed E-state index contributed by atoms with van der Waals surface area (Å²) in [6.07, 6.45) is -4.88. The fourth-order valence-electron chi connectivity index (χ4n) is 3.12. The third-order valence-corrected chi connectivity index (χ3v) is 4.63. The second-order valence-corrected chi connectivity index (χ2v) is 8.26. The van der Waals surface area contributed by atoms with Crippen molar-refractivity contribution in [1.29, 1.82) is 0 Å². The van der Waals surface area contributed by atoms with E-state index in [0.29, 0.717) is 30.9 Å². The Bertz CT molecular complexity index is 855. The van der Waals surface area contributed by atoms with E-state index in [1.807, 2.05) is 30.3 Å². The van der Waals surface area contributed by atoms with Crippen LogP contribution in [0.4, 0.5) is 23.7 Å². The minimum atomic E-state index is -4.44. The Hall–Kier alpha value is -2.70. The number of hydrogen-bond acceptors (Lipinski definition) is 3. The molecule has 0 unspecified atom stereocenters. The summed E-state index contributed by atoms with van der Waals surface area (Å²) in [5, 5.41) is 3.08. The molecule has 4 nitrogen and oxygen atoms in total. The summed E-state index contributed by atoms with van der Waals surface area (Å²) in [7, 11) is 0. The first kappa shape index (κ1) is 21.0. The van der Waals surface area contributed by atoms with E-state index in [1.54, 1.807) is 26.8 Å². The van der Waals surface area contributed by atoms with Crippen molar-refractivity contribution in [1.82, 2.24) is 4.90 Å². The quantitative estimate of drug-likeness (QED) is 0.713. The van der Waals surface area contributed by atoms with Gasteiger partial charge >= 0.3 is 12.3 Å². The second kappa shape index (κ2) is 7.97. The number of rotatable bonds is 4. The highest BCUT2D eigenvalue weighted by Crippen LogP contribution is 2.36. The van der Waals surface area contributed by atoms with Gasteiger partial charge in [0.1, 0.15) is 5.60 Å². The minimum absolute atomic E-state index is 0.151. The van der Waals surface area contributed by atoms with Crippen molar-refractivity contribution < 1.29 is 22.7 Å². The van der Waals surface area contributed by atoms with E-state index in [2.05, 4.69) is 5.32 Å². The third-order valence-electron chi connectivity index (χ3n) is 4.63. The monoisotopic (exact) mass is 406 g/mol. The number of nitrogens with one attached hydrogen (secondary N) is 1. The molecule has 2 aromatic rings. The van der Waals surface area contributed by atoms with Crippen molar-refractivity contribution in [2.75, 3.05) is 18.4 Å². The van der Waals surface area contributed by atoms with Crippen LogP contribution >= 0.6 is 0 Å². The van der Waals surface area contributed by atoms with Crippen LogP contribution in [0.3, 0.4) is 0 Å². The summed E-state index contributed by atoms with van der Waals surface area (Å²) < 4.78 is 45.4. The number of anilines is 1. The smallest absolute Gasteiger partial charge is 0.416 e. The fraction of sp³-hybridized carbons (Fsp3) is 0.409. The van der Waals surface area contributed by atoms with Gasteiger partial charge in [-0.3, -0.25) is 0 Å². The zero-order valence-electron chi connectivity index (χ0n) is 16.7. The highest BCUT2D eigenvalue weighted by Gasteiger charge is 2.37. The van der Waals surface area contributed by atoms with Crippen LogP contribution in [0, 0.1) is 0 Å². The Morgan fingerprint density at radius 1 is 1.10 bits per heavy atom. The zero-order chi connectivity index (χ0) is 21.2. The van der Waals surface area contributed by atoms with Gasteiger partial charge in [0.25, 0.3) is 0 Å². The first-order chi connectivity index (χ1) is 13.5. The molecule has 7 heteroatoms. The van der Waals surface area contributed by atoms with Crippen molar-refractivity contribution in [3.05, 3.63) is 65.2 Å². The molecular formula is C22H25F3N2O2. The summed E-state index contributed by atoms with van der Waals surface area (Å²) >= 11 is 0. The standard InChI is InChI=1S/C22H25F3N2O2/c1-21(2,3)29-20(28)27-13-17(14-27)16-9-18(22(23,24)25)11-19(10-16)26-12-15-7-5-4-6-8-15/h4-11,17,26H,12-14H2,1-3H3.